The van der Waals surface area contributed by atoms with Crippen LogP contribution in [0.2, 0.25) is 0 Å². The molecule has 7 atom stereocenters. The predicted octanol–water partition coefficient (Wildman–Crippen LogP) is -1.56. The van der Waals surface area contributed by atoms with Gasteiger partial charge < -0.3 is 26.8 Å². The minimum atomic E-state index is -2.92. The number of carbonyl (C=O) groups is 5. The number of amides is 1. The summed E-state index contributed by atoms with van der Waals surface area (Å²) in [6.45, 7) is 1.70. The quantitative estimate of drug-likeness (QED) is 0.204. The van der Waals surface area contributed by atoms with E-state index in [1.54, 1.807) is 13.0 Å². The zero-order valence-corrected chi connectivity index (χ0v) is 15.9. The molecule has 2 fully saturated rings. The molecule has 0 aliphatic heterocycles. The van der Waals surface area contributed by atoms with Gasteiger partial charge in [0.25, 0.3) is 0 Å². The highest BCUT2D eigenvalue weighted by Gasteiger charge is 2.69. The van der Waals surface area contributed by atoms with Crippen molar-refractivity contribution in [2.75, 3.05) is 5.73 Å². The van der Waals surface area contributed by atoms with E-state index in [4.69, 9.17) is 11.5 Å². The lowest BCUT2D eigenvalue weighted by Gasteiger charge is -2.51. The highest BCUT2D eigenvalue weighted by molar-refractivity contribution is 6.32. The van der Waals surface area contributed by atoms with E-state index in [-0.39, 0.29) is 17.7 Å². The average Bonchev–Trinajstić information content (AvgIpc) is 2.68. The van der Waals surface area contributed by atoms with Crippen molar-refractivity contribution >= 4 is 34.7 Å². The minimum Gasteiger partial charge on any atom is -0.505 e. The summed E-state index contributed by atoms with van der Waals surface area (Å²) >= 11 is 0. The van der Waals surface area contributed by atoms with Crippen LogP contribution in [-0.4, -0.2) is 56.1 Å². The summed E-state index contributed by atoms with van der Waals surface area (Å²) in [6.07, 6.45) is -2.17. The molecule has 1 aromatic carbocycles. The molecular formula is C20H20N2O8. The van der Waals surface area contributed by atoms with Gasteiger partial charge in [-0.2, -0.15) is 0 Å². The van der Waals surface area contributed by atoms with E-state index >= 15 is 0 Å². The maximum Gasteiger partial charge on any atom is 0.235 e. The minimum absolute atomic E-state index is 0.0730. The number of ketones is 4. The van der Waals surface area contributed by atoms with Crippen LogP contribution in [0.1, 0.15) is 35.2 Å². The number of nitrogen functional groups attached to an aromatic ring is 1. The summed E-state index contributed by atoms with van der Waals surface area (Å²) in [6, 6.07) is 2.96. The first-order valence-electron chi connectivity index (χ1n) is 9.42. The first-order valence-corrected chi connectivity index (χ1v) is 9.42. The summed E-state index contributed by atoms with van der Waals surface area (Å²) in [5.74, 6) is -13.0. The fourth-order valence-electron chi connectivity index (χ4n) is 5.32. The maximum atomic E-state index is 13.3. The van der Waals surface area contributed by atoms with E-state index < -0.39 is 76.1 Å². The van der Waals surface area contributed by atoms with E-state index in [9.17, 15) is 39.3 Å². The van der Waals surface area contributed by atoms with E-state index in [0.717, 1.165) is 0 Å². The molecule has 10 nitrogen and oxygen atoms in total. The molecule has 0 spiro atoms. The zero-order valence-electron chi connectivity index (χ0n) is 15.9. The van der Waals surface area contributed by atoms with Crippen LogP contribution in [0.4, 0.5) is 5.69 Å². The number of benzene rings is 1. The van der Waals surface area contributed by atoms with E-state index in [2.05, 4.69) is 0 Å². The Hall–Kier alpha value is -3.11. The van der Waals surface area contributed by atoms with Crippen molar-refractivity contribution in [2.24, 2.45) is 29.4 Å². The summed E-state index contributed by atoms with van der Waals surface area (Å²) in [5, 5.41) is 31.9. The molecule has 0 heterocycles. The van der Waals surface area contributed by atoms with Crippen molar-refractivity contribution in [2.45, 2.75) is 31.0 Å². The van der Waals surface area contributed by atoms with Gasteiger partial charge in [0.15, 0.2) is 34.7 Å². The van der Waals surface area contributed by atoms with E-state index in [1.807, 2.05) is 0 Å². The molecule has 1 amide bonds. The Kier molecular flexibility index (Phi) is 4.16. The average molecular weight is 416 g/mol. The molecule has 0 aromatic heterocycles. The normalized spacial score (nSPS) is 38.0. The fraction of sp³-hybridized carbons (Fsp3) is 0.450. The number of aromatic hydroxyl groups is 1. The molecule has 7 N–H and O–H groups in total. The Morgan fingerprint density at radius 1 is 1.17 bits per heavy atom. The number of hydrogen-bond donors (Lipinski definition) is 5. The SMILES string of the molecule is C[C@@H]1c2ccc(N)c(O)c2C(=O)C2C(=O)[C@]3(O)C(=O)C(C(N)=O)C(=O)[C@H](O)[C@@H]3C[C@@H]21. The van der Waals surface area contributed by atoms with Crippen LogP contribution in [0.5, 0.6) is 5.75 Å². The third-order valence-electron chi connectivity index (χ3n) is 6.93. The summed E-state index contributed by atoms with van der Waals surface area (Å²) in [7, 11) is 0. The Bertz CT molecular complexity index is 1050. The third-order valence-corrected chi connectivity index (χ3v) is 6.93. The molecule has 0 bridgehead atoms. The number of aliphatic hydroxyl groups is 2. The number of phenols is 1. The largest absolute Gasteiger partial charge is 0.505 e. The third kappa shape index (κ3) is 2.23. The van der Waals surface area contributed by atoms with Gasteiger partial charge >= 0.3 is 0 Å². The maximum absolute atomic E-state index is 13.3. The summed E-state index contributed by atoms with van der Waals surface area (Å²) in [5.41, 5.74) is 8.05. The summed E-state index contributed by atoms with van der Waals surface area (Å²) < 4.78 is 0. The number of fused-ring (bicyclic) bond motifs is 3. The molecule has 158 valence electrons. The molecule has 2 saturated carbocycles. The second-order valence-corrected chi connectivity index (χ2v) is 8.28. The molecule has 2 unspecified atom stereocenters. The highest BCUT2D eigenvalue weighted by atomic mass is 16.3. The number of carbonyl (C=O) groups excluding carboxylic acids is 5. The van der Waals surface area contributed by atoms with Crippen molar-refractivity contribution in [1.82, 2.24) is 0 Å². The smallest absolute Gasteiger partial charge is 0.235 e. The predicted molar refractivity (Wildman–Crippen MR) is 99.0 cm³/mol. The van der Waals surface area contributed by atoms with Crippen molar-refractivity contribution < 1.29 is 39.3 Å². The molecular weight excluding hydrogens is 396 g/mol. The van der Waals surface area contributed by atoms with Crippen molar-refractivity contribution in [1.29, 1.82) is 0 Å². The molecule has 10 heteroatoms. The number of Topliss-reactive ketones (excluding diaryl/α,β-unsaturated/α-hetero) is 4. The molecule has 0 saturated heterocycles. The molecule has 4 rings (SSSR count). The van der Waals surface area contributed by atoms with Crippen LogP contribution >= 0.6 is 0 Å². The lowest BCUT2D eigenvalue weighted by Crippen LogP contribution is -2.72. The second kappa shape index (κ2) is 6.19. The zero-order chi connectivity index (χ0) is 22.3. The van der Waals surface area contributed by atoms with Crippen molar-refractivity contribution in [3.8, 4) is 5.75 Å². The molecule has 3 aliphatic carbocycles. The number of nitrogens with two attached hydrogens (primary N) is 2. The number of aliphatic hydroxyl groups excluding tert-OH is 1. The first-order chi connectivity index (χ1) is 13.9. The van der Waals surface area contributed by atoms with Gasteiger partial charge in [0.1, 0.15) is 11.9 Å². The van der Waals surface area contributed by atoms with Gasteiger partial charge in [0.05, 0.1) is 17.2 Å². The number of anilines is 1. The van der Waals surface area contributed by atoms with Gasteiger partial charge in [-0.05, 0) is 29.9 Å². The standard InChI is InChI=1S/C20H20N2O8/c1-5-6-2-3-9(21)14(24)10(6)15(25)11-7(5)4-8-13(23)16(26)12(19(22)29)18(28)20(8,30)17(11)27/h2-3,5,7-8,11-13,23-24,30H,4,21H2,1H3,(H2,22,29)/t5-,7-,8+,11?,12?,13-,20+/m1/s1. The second-order valence-electron chi connectivity index (χ2n) is 8.28. The monoisotopic (exact) mass is 416 g/mol. The van der Waals surface area contributed by atoms with Crippen molar-refractivity contribution in [3.05, 3.63) is 23.3 Å². The highest BCUT2D eigenvalue weighted by Crippen LogP contribution is 2.54. The van der Waals surface area contributed by atoms with E-state index in [1.165, 1.54) is 6.07 Å². The van der Waals surface area contributed by atoms with Gasteiger partial charge in [-0.3, -0.25) is 24.0 Å². The fourth-order valence-corrected chi connectivity index (χ4v) is 5.32. The van der Waals surface area contributed by atoms with Gasteiger partial charge in [0, 0.05) is 5.92 Å². The van der Waals surface area contributed by atoms with Gasteiger partial charge in [-0.1, -0.05) is 13.0 Å². The molecule has 1 aromatic rings. The lowest BCUT2D eigenvalue weighted by atomic mass is 9.51. The molecule has 0 radical (unpaired) electrons. The van der Waals surface area contributed by atoms with Crippen molar-refractivity contribution in [3.63, 3.8) is 0 Å². The van der Waals surface area contributed by atoms with Crippen LogP contribution in [0.25, 0.3) is 0 Å². The van der Waals surface area contributed by atoms with Crippen LogP contribution < -0.4 is 11.5 Å². The van der Waals surface area contributed by atoms with Gasteiger partial charge in [0.2, 0.25) is 5.91 Å². The van der Waals surface area contributed by atoms with Gasteiger partial charge in [-0.25, -0.2) is 0 Å². The topological polar surface area (TPSA) is 198 Å². The van der Waals surface area contributed by atoms with Crippen LogP contribution in [0.3, 0.4) is 0 Å². The van der Waals surface area contributed by atoms with Crippen LogP contribution in [-0.2, 0) is 19.2 Å². The Morgan fingerprint density at radius 2 is 1.80 bits per heavy atom. The first kappa shape index (κ1) is 20.2. The number of hydrogen-bond acceptors (Lipinski definition) is 9. The summed E-state index contributed by atoms with van der Waals surface area (Å²) in [4.78, 5) is 63.3. The molecule has 3 aliphatic rings. The molecule has 30 heavy (non-hydrogen) atoms. The van der Waals surface area contributed by atoms with E-state index in [0.29, 0.717) is 5.56 Å². The van der Waals surface area contributed by atoms with Gasteiger partial charge in [-0.15, -0.1) is 0 Å². The number of rotatable bonds is 1. The van der Waals surface area contributed by atoms with Crippen LogP contribution in [0.15, 0.2) is 12.1 Å². The Morgan fingerprint density at radius 3 is 2.40 bits per heavy atom. The Balaban J connectivity index is 1.89. The Labute approximate surface area is 169 Å². The lowest BCUT2D eigenvalue weighted by molar-refractivity contribution is -0.186. The number of phenolic OH excluding ortho intramolecular Hbond substituents is 1. The van der Waals surface area contributed by atoms with Crippen LogP contribution in [0, 0.1) is 23.7 Å². The number of primary amides is 1.